The zero-order valence-corrected chi connectivity index (χ0v) is 16.1. The molecule has 0 atom stereocenters. The zero-order valence-electron chi connectivity index (χ0n) is 13.7. The highest BCUT2D eigenvalue weighted by atomic mass is 79.9. The summed E-state index contributed by atoms with van der Waals surface area (Å²) in [6, 6.07) is 4.67. The Hall–Kier alpha value is -2.13. The standard InChI is InChI=1S/C16H15BrN2O5S/c1-9(2)13-8-14(10(3)15(17)16(13)20)18-25(23,24)12-6-4-5-11(7-12)19(21)22/h4-9H,1-3H3. The van der Waals surface area contributed by atoms with Gasteiger partial charge in [0.2, 0.25) is 0 Å². The highest BCUT2D eigenvalue weighted by molar-refractivity contribution is 9.12. The molecule has 0 amide bonds. The lowest BCUT2D eigenvalue weighted by Gasteiger charge is -2.18. The molecule has 0 heterocycles. The number of benzene rings is 1. The van der Waals surface area contributed by atoms with Crippen LogP contribution in [0, 0.1) is 16.0 Å². The molecule has 1 aromatic carbocycles. The number of rotatable bonds is 4. The molecule has 0 bridgehead atoms. The number of nitro groups is 1. The first-order valence-electron chi connectivity index (χ1n) is 7.27. The largest absolute Gasteiger partial charge is 0.288 e. The number of nitrogens with zero attached hydrogens (tertiary/aromatic N) is 2. The number of hydrogen-bond donors (Lipinski definition) is 0. The van der Waals surface area contributed by atoms with Crippen LogP contribution in [0.5, 0.6) is 0 Å². The molecular formula is C16H15BrN2O5S. The summed E-state index contributed by atoms with van der Waals surface area (Å²) in [4.78, 5) is 22.1. The van der Waals surface area contributed by atoms with E-state index in [0.29, 0.717) is 11.1 Å². The van der Waals surface area contributed by atoms with Crippen molar-refractivity contribution in [2.24, 2.45) is 10.3 Å². The summed E-state index contributed by atoms with van der Waals surface area (Å²) in [5, 5.41) is 10.8. The Balaban J connectivity index is 2.59. The highest BCUT2D eigenvalue weighted by Crippen LogP contribution is 2.29. The van der Waals surface area contributed by atoms with Crippen molar-refractivity contribution in [3.63, 3.8) is 0 Å². The van der Waals surface area contributed by atoms with E-state index >= 15 is 0 Å². The van der Waals surface area contributed by atoms with Crippen molar-refractivity contribution in [2.75, 3.05) is 0 Å². The van der Waals surface area contributed by atoms with E-state index < -0.39 is 14.9 Å². The van der Waals surface area contributed by atoms with Crippen LogP contribution in [0.15, 0.2) is 55.3 Å². The van der Waals surface area contributed by atoms with Gasteiger partial charge in [-0.1, -0.05) is 19.9 Å². The minimum atomic E-state index is -4.17. The van der Waals surface area contributed by atoms with E-state index in [0.717, 1.165) is 6.07 Å². The maximum atomic E-state index is 12.5. The fourth-order valence-electron chi connectivity index (χ4n) is 2.19. The Morgan fingerprint density at radius 3 is 2.48 bits per heavy atom. The predicted molar refractivity (Wildman–Crippen MR) is 97.3 cm³/mol. The number of carbonyl (C=O) groups is 1. The minimum absolute atomic E-state index is 0.112. The van der Waals surface area contributed by atoms with E-state index in [2.05, 4.69) is 20.3 Å². The molecule has 9 heteroatoms. The maximum absolute atomic E-state index is 12.5. The Labute approximate surface area is 153 Å². The van der Waals surface area contributed by atoms with Gasteiger partial charge in [0, 0.05) is 17.7 Å². The Bertz CT molecular complexity index is 958. The van der Waals surface area contributed by atoms with Gasteiger partial charge < -0.3 is 0 Å². The summed E-state index contributed by atoms with van der Waals surface area (Å²) < 4.78 is 29.1. The van der Waals surface area contributed by atoms with Gasteiger partial charge in [-0.05, 0) is 46.5 Å². The summed E-state index contributed by atoms with van der Waals surface area (Å²) in [6.45, 7) is 5.21. The second-order valence-electron chi connectivity index (χ2n) is 5.73. The van der Waals surface area contributed by atoms with Crippen LogP contribution < -0.4 is 0 Å². The van der Waals surface area contributed by atoms with E-state index in [9.17, 15) is 23.3 Å². The van der Waals surface area contributed by atoms with E-state index in [1.165, 1.54) is 24.3 Å². The number of hydrogen-bond acceptors (Lipinski definition) is 5. The lowest BCUT2D eigenvalue weighted by Crippen LogP contribution is -2.19. The fraction of sp³-hybridized carbons (Fsp3) is 0.250. The molecule has 0 aromatic heterocycles. The number of halogens is 1. The first-order chi connectivity index (χ1) is 11.5. The van der Waals surface area contributed by atoms with Crippen LogP contribution >= 0.6 is 15.9 Å². The van der Waals surface area contributed by atoms with Gasteiger partial charge in [-0.3, -0.25) is 14.9 Å². The average molecular weight is 427 g/mol. The molecule has 0 saturated carbocycles. The summed E-state index contributed by atoms with van der Waals surface area (Å²) in [7, 11) is -4.17. The predicted octanol–water partition coefficient (Wildman–Crippen LogP) is 3.56. The lowest BCUT2D eigenvalue weighted by molar-refractivity contribution is -0.385. The van der Waals surface area contributed by atoms with E-state index in [-0.39, 0.29) is 32.5 Å². The topological polar surface area (TPSA) is 107 Å². The van der Waals surface area contributed by atoms with Crippen LogP contribution in [0.1, 0.15) is 20.8 Å². The molecule has 0 aliphatic heterocycles. The van der Waals surface area contributed by atoms with Gasteiger partial charge in [0.1, 0.15) is 0 Å². The second kappa shape index (κ2) is 7.01. The Morgan fingerprint density at radius 2 is 1.92 bits per heavy atom. The molecule has 0 N–H and O–H groups in total. The van der Waals surface area contributed by atoms with Crippen LogP contribution in [0.25, 0.3) is 0 Å². The van der Waals surface area contributed by atoms with Crippen molar-refractivity contribution in [2.45, 2.75) is 25.7 Å². The Kier molecular flexibility index (Phi) is 5.38. The Morgan fingerprint density at radius 1 is 1.28 bits per heavy atom. The number of sulfonamides is 1. The molecule has 0 unspecified atom stereocenters. The van der Waals surface area contributed by atoms with Gasteiger partial charge >= 0.3 is 0 Å². The number of Topliss-reactive ketones (excluding diaryl/α,β-unsaturated/α-hetero) is 1. The number of non-ortho nitro benzene ring substituents is 1. The molecule has 2 rings (SSSR count). The molecule has 0 saturated heterocycles. The van der Waals surface area contributed by atoms with Gasteiger partial charge in [-0.25, -0.2) is 0 Å². The summed E-state index contributed by atoms with van der Waals surface area (Å²) in [5.41, 5.74) is 0.613. The molecule has 25 heavy (non-hydrogen) atoms. The third-order valence-corrected chi connectivity index (χ3v) is 5.88. The van der Waals surface area contributed by atoms with Gasteiger partial charge in [-0.15, -0.1) is 0 Å². The SMILES string of the molecule is CC1=C(Br)C(=O)C(C(C)C)=CC1=NS(=O)(=O)c1cccc([N+](=O)[O-])c1. The lowest BCUT2D eigenvalue weighted by atomic mass is 9.90. The number of ketones is 1. The number of nitro benzene ring substituents is 1. The first-order valence-corrected chi connectivity index (χ1v) is 9.50. The molecule has 1 aliphatic carbocycles. The number of carbonyl (C=O) groups excluding carboxylic acids is 1. The molecule has 7 nitrogen and oxygen atoms in total. The van der Waals surface area contributed by atoms with Gasteiger partial charge in [0.15, 0.2) is 5.78 Å². The van der Waals surface area contributed by atoms with E-state index in [1.54, 1.807) is 6.92 Å². The minimum Gasteiger partial charge on any atom is -0.288 e. The van der Waals surface area contributed by atoms with E-state index in [1.807, 2.05) is 13.8 Å². The number of allylic oxidation sites excluding steroid dienone is 4. The zero-order chi connectivity index (χ0) is 18.9. The molecular weight excluding hydrogens is 412 g/mol. The second-order valence-corrected chi connectivity index (χ2v) is 8.13. The highest BCUT2D eigenvalue weighted by Gasteiger charge is 2.27. The van der Waals surface area contributed by atoms with Crippen molar-refractivity contribution in [3.8, 4) is 0 Å². The molecule has 132 valence electrons. The fourth-order valence-corrected chi connectivity index (χ4v) is 3.70. The molecule has 0 radical (unpaired) electrons. The maximum Gasteiger partial charge on any atom is 0.283 e. The summed E-state index contributed by atoms with van der Waals surface area (Å²) >= 11 is 3.19. The molecule has 0 spiro atoms. The van der Waals surface area contributed by atoms with Crippen molar-refractivity contribution in [3.05, 3.63) is 56.1 Å². The van der Waals surface area contributed by atoms with Crippen molar-refractivity contribution in [1.82, 2.24) is 0 Å². The van der Waals surface area contributed by atoms with Gasteiger partial charge in [0.05, 0.1) is 20.0 Å². The normalized spacial score (nSPS) is 17.2. The molecule has 1 aromatic rings. The van der Waals surface area contributed by atoms with Crippen LogP contribution in [0.4, 0.5) is 5.69 Å². The summed E-state index contributed by atoms with van der Waals surface area (Å²) in [6.07, 6.45) is 1.45. The quantitative estimate of drug-likeness (QED) is 0.415. The third kappa shape index (κ3) is 3.93. The molecule has 1 aliphatic rings. The third-order valence-electron chi connectivity index (χ3n) is 3.63. The van der Waals surface area contributed by atoms with Crippen LogP contribution in [0.2, 0.25) is 0 Å². The average Bonchev–Trinajstić information content (AvgIpc) is 2.55. The molecule has 0 fully saturated rings. The van der Waals surface area contributed by atoms with E-state index in [4.69, 9.17) is 0 Å². The van der Waals surface area contributed by atoms with Gasteiger partial charge in [-0.2, -0.15) is 12.8 Å². The smallest absolute Gasteiger partial charge is 0.283 e. The van der Waals surface area contributed by atoms with Crippen LogP contribution in [0.3, 0.4) is 0 Å². The summed E-state index contributed by atoms with van der Waals surface area (Å²) in [5.74, 6) is -0.321. The van der Waals surface area contributed by atoms with Crippen LogP contribution in [-0.2, 0) is 14.8 Å². The van der Waals surface area contributed by atoms with Crippen molar-refractivity contribution < 1.29 is 18.1 Å². The monoisotopic (exact) mass is 426 g/mol. The van der Waals surface area contributed by atoms with Crippen molar-refractivity contribution >= 4 is 43.1 Å². The van der Waals surface area contributed by atoms with Gasteiger partial charge in [0.25, 0.3) is 15.7 Å². The van der Waals surface area contributed by atoms with Crippen LogP contribution in [-0.4, -0.2) is 24.8 Å². The first kappa shape index (κ1) is 19.2. The van der Waals surface area contributed by atoms with Crippen molar-refractivity contribution in [1.29, 1.82) is 0 Å².